The highest BCUT2D eigenvalue weighted by molar-refractivity contribution is 14.1. The monoisotopic (exact) mass is 308 g/mol. The van der Waals surface area contributed by atoms with Gasteiger partial charge in [0.2, 0.25) is 0 Å². The van der Waals surface area contributed by atoms with Crippen LogP contribution in [0, 0.1) is 3.57 Å². The summed E-state index contributed by atoms with van der Waals surface area (Å²) in [6.07, 6.45) is 0.765. The predicted octanol–water partition coefficient (Wildman–Crippen LogP) is 1.90. The summed E-state index contributed by atoms with van der Waals surface area (Å²) >= 11 is 1.99. The summed E-state index contributed by atoms with van der Waals surface area (Å²) in [5.74, 6) is -0.644. The van der Waals surface area contributed by atoms with Gasteiger partial charge in [-0.2, -0.15) is 0 Å². The van der Waals surface area contributed by atoms with E-state index in [-0.39, 0.29) is 5.75 Å². The van der Waals surface area contributed by atoms with Crippen molar-refractivity contribution < 1.29 is 19.8 Å². The first kappa shape index (κ1) is 12.9. The number of hydrogen-bond donors (Lipinski definition) is 2. The highest BCUT2D eigenvalue weighted by Crippen LogP contribution is 2.16. The number of aldehydes is 1. The second-order valence-corrected chi connectivity index (χ2v) is 3.50. The zero-order valence-electron chi connectivity index (χ0n) is 7.40. The minimum Gasteiger partial charge on any atom is -0.508 e. The van der Waals surface area contributed by atoms with E-state index >= 15 is 0 Å². The Labute approximate surface area is 94.7 Å². The van der Waals surface area contributed by atoms with Crippen molar-refractivity contribution >= 4 is 34.8 Å². The lowest BCUT2D eigenvalue weighted by Gasteiger charge is -1.95. The van der Waals surface area contributed by atoms with Gasteiger partial charge in [-0.25, -0.2) is 0 Å². The molecule has 0 aromatic heterocycles. The van der Waals surface area contributed by atoms with Crippen LogP contribution in [0.15, 0.2) is 18.2 Å². The van der Waals surface area contributed by atoms with Gasteiger partial charge < -0.3 is 10.2 Å². The van der Waals surface area contributed by atoms with Gasteiger partial charge in [0.25, 0.3) is 5.97 Å². The molecule has 0 unspecified atom stereocenters. The molecule has 0 amide bonds. The van der Waals surface area contributed by atoms with Crippen molar-refractivity contribution in [3.05, 3.63) is 27.3 Å². The Morgan fingerprint density at radius 1 is 1.50 bits per heavy atom. The van der Waals surface area contributed by atoms with E-state index in [1.54, 1.807) is 12.1 Å². The van der Waals surface area contributed by atoms with Crippen LogP contribution in [0.4, 0.5) is 0 Å². The zero-order chi connectivity index (χ0) is 11.1. The minimum atomic E-state index is -0.833. The third kappa shape index (κ3) is 5.52. The van der Waals surface area contributed by atoms with Gasteiger partial charge in [-0.1, -0.05) is 0 Å². The molecule has 0 aliphatic heterocycles. The first-order chi connectivity index (χ1) is 6.47. The average molecular weight is 308 g/mol. The summed E-state index contributed by atoms with van der Waals surface area (Å²) in [4.78, 5) is 19.3. The zero-order valence-corrected chi connectivity index (χ0v) is 9.56. The standard InChI is InChI=1S/C7H5IO2.C2H4O2/c8-7-3-6(10)2-1-5(7)4-9;1-2(3)4/h1-4,10H;1H3,(H,3,4). The number of halogens is 1. The molecule has 0 radical (unpaired) electrons. The Morgan fingerprint density at radius 2 is 2.00 bits per heavy atom. The van der Waals surface area contributed by atoms with E-state index < -0.39 is 5.97 Å². The Kier molecular flexibility index (Phi) is 5.86. The van der Waals surface area contributed by atoms with Crippen LogP contribution in [-0.4, -0.2) is 22.5 Å². The highest BCUT2D eigenvalue weighted by atomic mass is 127. The van der Waals surface area contributed by atoms with Gasteiger partial charge >= 0.3 is 0 Å². The van der Waals surface area contributed by atoms with Gasteiger partial charge in [-0.3, -0.25) is 9.59 Å². The lowest BCUT2D eigenvalue weighted by atomic mass is 10.2. The molecule has 1 aromatic carbocycles. The fourth-order valence-electron chi connectivity index (χ4n) is 0.612. The van der Waals surface area contributed by atoms with Crippen molar-refractivity contribution in [3.63, 3.8) is 0 Å². The number of benzene rings is 1. The molecular weight excluding hydrogens is 299 g/mol. The third-order valence-electron chi connectivity index (χ3n) is 1.11. The van der Waals surface area contributed by atoms with Crippen LogP contribution in [0.3, 0.4) is 0 Å². The van der Waals surface area contributed by atoms with Crippen molar-refractivity contribution in [2.45, 2.75) is 6.92 Å². The van der Waals surface area contributed by atoms with E-state index in [2.05, 4.69) is 0 Å². The lowest BCUT2D eigenvalue weighted by Crippen LogP contribution is -1.83. The molecule has 0 fully saturated rings. The van der Waals surface area contributed by atoms with Crippen molar-refractivity contribution in [2.24, 2.45) is 0 Å². The number of aliphatic carboxylic acids is 1. The average Bonchev–Trinajstić information content (AvgIpc) is 2.03. The summed E-state index contributed by atoms with van der Waals surface area (Å²) in [5, 5.41) is 16.3. The van der Waals surface area contributed by atoms with Gasteiger partial charge in [-0.05, 0) is 40.8 Å². The third-order valence-corrected chi connectivity index (χ3v) is 2.05. The second kappa shape index (κ2) is 6.36. The van der Waals surface area contributed by atoms with E-state index in [9.17, 15) is 4.79 Å². The van der Waals surface area contributed by atoms with Gasteiger partial charge in [0.1, 0.15) is 5.75 Å². The fourth-order valence-corrected chi connectivity index (χ4v) is 1.24. The summed E-state index contributed by atoms with van der Waals surface area (Å²) in [6, 6.07) is 4.63. The molecule has 0 saturated carbocycles. The number of carbonyl (C=O) groups is 2. The van der Waals surface area contributed by atoms with Crippen LogP contribution in [0.2, 0.25) is 0 Å². The smallest absolute Gasteiger partial charge is 0.300 e. The molecule has 14 heavy (non-hydrogen) atoms. The molecule has 1 aromatic rings. The summed E-state index contributed by atoms with van der Waals surface area (Å²) in [6.45, 7) is 1.08. The van der Waals surface area contributed by atoms with E-state index in [4.69, 9.17) is 15.0 Å². The Bertz CT molecular complexity index is 332. The van der Waals surface area contributed by atoms with Gasteiger partial charge in [0, 0.05) is 16.1 Å². The first-order valence-electron chi connectivity index (χ1n) is 3.60. The summed E-state index contributed by atoms with van der Waals surface area (Å²) < 4.78 is 0.771. The SMILES string of the molecule is CC(=O)O.O=Cc1ccc(O)cc1I. The normalized spacial score (nSPS) is 8.43. The van der Waals surface area contributed by atoms with Crippen LogP contribution < -0.4 is 0 Å². The molecule has 0 bridgehead atoms. The summed E-state index contributed by atoms with van der Waals surface area (Å²) in [7, 11) is 0. The molecule has 0 saturated heterocycles. The maximum Gasteiger partial charge on any atom is 0.300 e. The topological polar surface area (TPSA) is 74.6 Å². The Hall–Kier alpha value is -1.11. The quantitative estimate of drug-likeness (QED) is 0.614. The van der Waals surface area contributed by atoms with Gasteiger partial charge in [-0.15, -0.1) is 0 Å². The maximum atomic E-state index is 10.3. The fraction of sp³-hybridized carbons (Fsp3) is 0.111. The van der Waals surface area contributed by atoms with Gasteiger partial charge in [0.05, 0.1) is 0 Å². The number of carbonyl (C=O) groups excluding carboxylic acids is 1. The second-order valence-electron chi connectivity index (χ2n) is 2.34. The molecule has 0 heterocycles. The van der Waals surface area contributed by atoms with Gasteiger partial charge in [0.15, 0.2) is 6.29 Å². The van der Waals surface area contributed by atoms with Crippen molar-refractivity contribution in [3.8, 4) is 5.75 Å². The van der Waals surface area contributed by atoms with E-state index in [1.807, 2.05) is 22.6 Å². The molecule has 5 heteroatoms. The predicted molar refractivity (Wildman–Crippen MR) is 59.5 cm³/mol. The molecular formula is C9H9IO4. The van der Waals surface area contributed by atoms with Crippen LogP contribution in [0.25, 0.3) is 0 Å². The van der Waals surface area contributed by atoms with E-state index in [1.165, 1.54) is 6.07 Å². The van der Waals surface area contributed by atoms with Crippen LogP contribution in [0.1, 0.15) is 17.3 Å². The summed E-state index contributed by atoms with van der Waals surface area (Å²) in [5.41, 5.74) is 0.610. The molecule has 0 aliphatic rings. The number of rotatable bonds is 1. The maximum absolute atomic E-state index is 10.3. The Morgan fingerprint density at radius 3 is 2.36 bits per heavy atom. The van der Waals surface area contributed by atoms with Crippen molar-refractivity contribution in [2.75, 3.05) is 0 Å². The molecule has 0 atom stereocenters. The number of phenols is 1. The number of hydrogen-bond acceptors (Lipinski definition) is 3. The van der Waals surface area contributed by atoms with E-state index in [0.717, 1.165) is 16.8 Å². The molecule has 2 N–H and O–H groups in total. The van der Waals surface area contributed by atoms with Crippen LogP contribution >= 0.6 is 22.6 Å². The van der Waals surface area contributed by atoms with E-state index in [0.29, 0.717) is 5.56 Å². The number of carboxylic acids is 1. The number of carboxylic acid groups (broad SMARTS) is 1. The number of phenolic OH excluding ortho intramolecular Hbond substituents is 1. The van der Waals surface area contributed by atoms with Crippen molar-refractivity contribution in [1.29, 1.82) is 0 Å². The molecule has 0 aliphatic carbocycles. The molecule has 4 nitrogen and oxygen atoms in total. The first-order valence-corrected chi connectivity index (χ1v) is 4.68. The molecule has 1 rings (SSSR count). The number of aromatic hydroxyl groups is 1. The minimum absolute atomic E-state index is 0.190. The highest BCUT2D eigenvalue weighted by Gasteiger charge is 1.97. The molecule has 76 valence electrons. The Balaban J connectivity index is 0.000000364. The lowest BCUT2D eigenvalue weighted by molar-refractivity contribution is -0.134. The van der Waals surface area contributed by atoms with Crippen LogP contribution in [0.5, 0.6) is 5.75 Å². The largest absolute Gasteiger partial charge is 0.508 e. The molecule has 0 spiro atoms. The van der Waals surface area contributed by atoms with Crippen molar-refractivity contribution in [1.82, 2.24) is 0 Å². The van der Waals surface area contributed by atoms with Crippen LogP contribution in [-0.2, 0) is 4.79 Å².